The second-order valence-corrected chi connectivity index (χ2v) is 5.11. The summed E-state index contributed by atoms with van der Waals surface area (Å²) >= 11 is 3.37. The highest BCUT2D eigenvalue weighted by Gasteiger charge is 2.00. The van der Waals surface area contributed by atoms with Crippen molar-refractivity contribution >= 4 is 21.6 Å². The minimum atomic E-state index is -0.381. The van der Waals surface area contributed by atoms with E-state index in [1.165, 1.54) is 4.57 Å². The molecule has 0 aliphatic rings. The molecule has 0 saturated heterocycles. The fourth-order valence-electron chi connectivity index (χ4n) is 1.67. The fourth-order valence-corrected chi connectivity index (χ4v) is 1.94. The van der Waals surface area contributed by atoms with E-state index in [4.69, 9.17) is 0 Å². The van der Waals surface area contributed by atoms with Crippen LogP contribution in [0.1, 0.15) is 5.56 Å². The Morgan fingerprint density at radius 2 is 1.95 bits per heavy atom. The standard InChI is InChI=1S/C13H14BrN3O2/c1-9-8-17(13(19)16-12(9)18)7-6-15-11-4-2-10(14)3-5-11/h2-5,8,15H,6-7H2,1H3,(H,16,18,19). The van der Waals surface area contributed by atoms with Crippen molar-refractivity contribution in [2.75, 3.05) is 11.9 Å². The van der Waals surface area contributed by atoms with E-state index in [9.17, 15) is 9.59 Å². The van der Waals surface area contributed by atoms with Gasteiger partial charge >= 0.3 is 5.69 Å². The van der Waals surface area contributed by atoms with E-state index in [2.05, 4.69) is 26.2 Å². The Kier molecular flexibility index (Phi) is 4.21. The van der Waals surface area contributed by atoms with Gasteiger partial charge in [0.05, 0.1) is 0 Å². The van der Waals surface area contributed by atoms with Crippen LogP contribution in [0.5, 0.6) is 0 Å². The number of aryl methyl sites for hydroxylation is 1. The first-order valence-electron chi connectivity index (χ1n) is 5.86. The smallest absolute Gasteiger partial charge is 0.328 e. The number of rotatable bonds is 4. The van der Waals surface area contributed by atoms with Crippen LogP contribution in [0.3, 0.4) is 0 Å². The molecule has 6 heteroatoms. The van der Waals surface area contributed by atoms with E-state index >= 15 is 0 Å². The Morgan fingerprint density at radius 1 is 1.26 bits per heavy atom. The zero-order chi connectivity index (χ0) is 13.8. The third-order valence-corrected chi connectivity index (χ3v) is 3.24. The molecule has 0 amide bonds. The van der Waals surface area contributed by atoms with Gasteiger partial charge in [0, 0.05) is 35.0 Å². The zero-order valence-electron chi connectivity index (χ0n) is 10.4. The summed E-state index contributed by atoms with van der Waals surface area (Å²) in [5, 5.41) is 3.21. The minimum Gasteiger partial charge on any atom is -0.383 e. The average Bonchev–Trinajstić information content (AvgIpc) is 2.38. The maximum atomic E-state index is 11.6. The van der Waals surface area contributed by atoms with Crippen molar-refractivity contribution in [2.45, 2.75) is 13.5 Å². The third-order valence-electron chi connectivity index (χ3n) is 2.72. The van der Waals surface area contributed by atoms with E-state index in [0.29, 0.717) is 18.7 Å². The molecule has 1 aromatic heterocycles. The Balaban J connectivity index is 2.00. The number of halogens is 1. The molecule has 0 radical (unpaired) electrons. The van der Waals surface area contributed by atoms with Gasteiger partial charge in [0.2, 0.25) is 0 Å². The number of nitrogens with one attached hydrogen (secondary N) is 2. The van der Waals surface area contributed by atoms with E-state index in [0.717, 1.165) is 10.2 Å². The lowest BCUT2D eigenvalue weighted by molar-refractivity contribution is 0.664. The number of anilines is 1. The van der Waals surface area contributed by atoms with E-state index in [1.54, 1.807) is 13.1 Å². The summed E-state index contributed by atoms with van der Waals surface area (Å²) in [6, 6.07) is 7.78. The lowest BCUT2D eigenvalue weighted by atomic mass is 10.3. The van der Waals surface area contributed by atoms with Crippen LogP contribution in [0, 0.1) is 6.92 Å². The molecule has 0 unspecified atom stereocenters. The molecule has 2 aromatic rings. The molecule has 100 valence electrons. The minimum absolute atomic E-state index is 0.331. The summed E-state index contributed by atoms with van der Waals surface area (Å²) in [5.41, 5.74) is 0.802. The first-order chi connectivity index (χ1) is 9.06. The number of hydrogen-bond acceptors (Lipinski definition) is 3. The van der Waals surface area contributed by atoms with E-state index < -0.39 is 0 Å². The summed E-state index contributed by atoms with van der Waals surface area (Å²) < 4.78 is 2.51. The molecule has 5 nitrogen and oxygen atoms in total. The van der Waals surface area contributed by atoms with Crippen LogP contribution < -0.4 is 16.6 Å². The molecule has 19 heavy (non-hydrogen) atoms. The van der Waals surface area contributed by atoms with Gasteiger partial charge in [0.15, 0.2) is 0 Å². The molecule has 0 spiro atoms. The summed E-state index contributed by atoms with van der Waals surface area (Å²) in [6.07, 6.45) is 1.57. The van der Waals surface area contributed by atoms with Gasteiger partial charge in [-0.25, -0.2) is 4.79 Å². The SMILES string of the molecule is Cc1cn(CCNc2ccc(Br)cc2)c(=O)[nH]c1=O. The molecule has 0 atom stereocenters. The van der Waals surface area contributed by atoms with Crippen LogP contribution >= 0.6 is 15.9 Å². The van der Waals surface area contributed by atoms with Gasteiger partial charge in [-0.3, -0.25) is 14.3 Å². The van der Waals surface area contributed by atoms with Gasteiger partial charge < -0.3 is 5.32 Å². The fraction of sp³-hybridized carbons (Fsp3) is 0.231. The van der Waals surface area contributed by atoms with Gasteiger partial charge in [-0.05, 0) is 31.2 Å². The summed E-state index contributed by atoms with van der Waals surface area (Å²) in [5.74, 6) is 0. The van der Waals surface area contributed by atoms with Crippen LogP contribution in [0.15, 0.2) is 44.5 Å². The molecule has 2 N–H and O–H groups in total. The Labute approximate surface area is 118 Å². The van der Waals surface area contributed by atoms with Gasteiger partial charge in [-0.15, -0.1) is 0 Å². The quantitative estimate of drug-likeness (QED) is 0.900. The topological polar surface area (TPSA) is 66.9 Å². The van der Waals surface area contributed by atoms with Crippen LogP contribution in [-0.4, -0.2) is 16.1 Å². The molecule has 0 aliphatic heterocycles. The van der Waals surface area contributed by atoms with Gasteiger partial charge in [-0.2, -0.15) is 0 Å². The normalized spacial score (nSPS) is 10.4. The van der Waals surface area contributed by atoms with Crippen LogP contribution in [0.25, 0.3) is 0 Å². The van der Waals surface area contributed by atoms with Crippen molar-refractivity contribution in [3.8, 4) is 0 Å². The summed E-state index contributed by atoms with van der Waals surface area (Å²) in [6.45, 7) is 2.77. The predicted octanol–water partition coefficient (Wildman–Crippen LogP) is 1.72. The molecule has 1 heterocycles. The maximum absolute atomic E-state index is 11.6. The van der Waals surface area contributed by atoms with Crippen molar-refractivity contribution in [2.24, 2.45) is 0 Å². The second-order valence-electron chi connectivity index (χ2n) is 4.20. The molecule has 0 fully saturated rings. The van der Waals surface area contributed by atoms with Crippen LogP contribution in [-0.2, 0) is 6.54 Å². The second kappa shape index (κ2) is 5.88. The first kappa shape index (κ1) is 13.6. The Hall–Kier alpha value is -1.82. The van der Waals surface area contributed by atoms with Crippen molar-refractivity contribution in [1.82, 2.24) is 9.55 Å². The van der Waals surface area contributed by atoms with Crippen molar-refractivity contribution in [3.05, 3.63) is 61.3 Å². The summed E-state index contributed by atoms with van der Waals surface area (Å²) in [4.78, 5) is 25.1. The molecule has 2 rings (SSSR count). The highest BCUT2D eigenvalue weighted by Crippen LogP contribution is 2.13. The van der Waals surface area contributed by atoms with Gasteiger partial charge in [0.1, 0.15) is 0 Å². The van der Waals surface area contributed by atoms with Gasteiger partial charge in [-0.1, -0.05) is 15.9 Å². The average molecular weight is 324 g/mol. The lowest BCUT2D eigenvalue weighted by Gasteiger charge is -2.08. The highest BCUT2D eigenvalue weighted by atomic mass is 79.9. The number of aromatic nitrogens is 2. The number of nitrogens with zero attached hydrogens (tertiary/aromatic N) is 1. The number of aromatic amines is 1. The molecular formula is C13H14BrN3O2. The molecule has 0 saturated carbocycles. The Morgan fingerprint density at radius 3 is 2.63 bits per heavy atom. The number of H-pyrrole nitrogens is 1. The lowest BCUT2D eigenvalue weighted by Crippen LogP contribution is -2.32. The van der Waals surface area contributed by atoms with E-state index in [-0.39, 0.29) is 11.2 Å². The third kappa shape index (κ3) is 3.57. The zero-order valence-corrected chi connectivity index (χ0v) is 12.0. The maximum Gasteiger partial charge on any atom is 0.328 e. The van der Waals surface area contributed by atoms with Crippen molar-refractivity contribution < 1.29 is 0 Å². The largest absolute Gasteiger partial charge is 0.383 e. The number of hydrogen-bond donors (Lipinski definition) is 2. The molecular weight excluding hydrogens is 310 g/mol. The predicted molar refractivity (Wildman–Crippen MR) is 78.7 cm³/mol. The number of benzene rings is 1. The van der Waals surface area contributed by atoms with Crippen LogP contribution in [0.4, 0.5) is 5.69 Å². The highest BCUT2D eigenvalue weighted by molar-refractivity contribution is 9.10. The van der Waals surface area contributed by atoms with Crippen molar-refractivity contribution in [1.29, 1.82) is 0 Å². The molecule has 0 aliphatic carbocycles. The monoisotopic (exact) mass is 323 g/mol. The first-order valence-corrected chi connectivity index (χ1v) is 6.65. The van der Waals surface area contributed by atoms with Crippen molar-refractivity contribution in [3.63, 3.8) is 0 Å². The Bertz CT molecular complexity index is 674. The summed E-state index contributed by atoms with van der Waals surface area (Å²) in [7, 11) is 0. The van der Waals surface area contributed by atoms with Gasteiger partial charge in [0.25, 0.3) is 5.56 Å². The van der Waals surface area contributed by atoms with Crippen LogP contribution in [0.2, 0.25) is 0 Å². The molecule has 0 bridgehead atoms. The molecule has 1 aromatic carbocycles. The van der Waals surface area contributed by atoms with E-state index in [1.807, 2.05) is 24.3 Å².